The third kappa shape index (κ3) is 2.93. The fourth-order valence-electron chi connectivity index (χ4n) is 3.07. The van der Waals surface area contributed by atoms with Crippen molar-refractivity contribution in [2.24, 2.45) is 17.3 Å². The Kier molecular flexibility index (Phi) is 4.55. The van der Waals surface area contributed by atoms with Crippen LogP contribution in [0.5, 0.6) is 11.5 Å². The maximum absolute atomic E-state index is 12.5. The zero-order chi connectivity index (χ0) is 18.2. The zero-order valence-corrected chi connectivity index (χ0v) is 14.3. The number of ketones is 1. The van der Waals surface area contributed by atoms with E-state index in [1.54, 1.807) is 13.8 Å². The first-order valence-electron chi connectivity index (χ1n) is 7.45. The molecular weight excluding hydrogens is 314 g/mol. The lowest BCUT2D eigenvalue weighted by Gasteiger charge is -2.14. The fraction of sp³-hybridized carbons (Fsp3) is 0.471. The number of amides is 1. The van der Waals surface area contributed by atoms with Crippen molar-refractivity contribution < 1.29 is 29.0 Å². The lowest BCUT2D eigenvalue weighted by Crippen LogP contribution is -2.19. The summed E-state index contributed by atoms with van der Waals surface area (Å²) in [4.78, 5) is 35.6. The molecule has 0 aliphatic heterocycles. The minimum Gasteiger partial charge on any atom is -0.493 e. The summed E-state index contributed by atoms with van der Waals surface area (Å²) in [6.07, 6.45) is 0. The highest BCUT2D eigenvalue weighted by atomic mass is 16.5. The first-order chi connectivity index (χ1) is 11.1. The highest BCUT2D eigenvalue weighted by Crippen LogP contribution is 2.58. The van der Waals surface area contributed by atoms with Crippen molar-refractivity contribution in [3.05, 3.63) is 17.7 Å². The molecule has 24 heavy (non-hydrogen) atoms. The molecule has 1 amide bonds. The summed E-state index contributed by atoms with van der Waals surface area (Å²) in [5.74, 6) is -2.34. The van der Waals surface area contributed by atoms with Crippen LogP contribution < -0.4 is 14.8 Å². The molecule has 1 aliphatic rings. The second kappa shape index (κ2) is 6.14. The summed E-state index contributed by atoms with van der Waals surface area (Å²) in [5.41, 5.74) is -0.0774. The van der Waals surface area contributed by atoms with E-state index in [0.717, 1.165) is 0 Å². The average Bonchev–Trinajstić information content (AvgIpc) is 3.09. The molecule has 7 heteroatoms. The van der Waals surface area contributed by atoms with Gasteiger partial charge >= 0.3 is 5.97 Å². The maximum Gasteiger partial charge on any atom is 0.307 e. The van der Waals surface area contributed by atoms with E-state index in [9.17, 15) is 19.5 Å². The molecule has 1 saturated carbocycles. The second-order valence-corrected chi connectivity index (χ2v) is 6.41. The van der Waals surface area contributed by atoms with Crippen LogP contribution in [-0.2, 0) is 9.59 Å². The molecule has 2 atom stereocenters. The van der Waals surface area contributed by atoms with Gasteiger partial charge in [-0.15, -0.1) is 0 Å². The van der Waals surface area contributed by atoms with Crippen molar-refractivity contribution in [1.82, 2.24) is 0 Å². The van der Waals surface area contributed by atoms with Crippen molar-refractivity contribution >= 4 is 23.3 Å². The molecule has 1 fully saturated rings. The lowest BCUT2D eigenvalue weighted by molar-refractivity contribution is -0.140. The SMILES string of the molecule is COc1cc(NC(=O)[C@@H]2[C@@H](C(=O)O)C2(C)C)c(C(C)=O)cc1OC. The smallest absolute Gasteiger partial charge is 0.307 e. The number of anilines is 1. The van der Waals surface area contributed by atoms with Crippen molar-refractivity contribution in [1.29, 1.82) is 0 Å². The Morgan fingerprint density at radius 3 is 2.04 bits per heavy atom. The monoisotopic (exact) mass is 335 g/mol. The number of nitrogens with one attached hydrogen (secondary N) is 1. The van der Waals surface area contributed by atoms with Crippen LogP contribution in [0.4, 0.5) is 5.69 Å². The molecule has 0 radical (unpaired) electrons. The van der Waals surface area contributed by atoms with Gasteiger partial charge in [-0.1, -0.05) is 13.8 Å². The topological polar surface area (TPSA) is 102 Å². The largest absolute Gasteiger partial charge is 0.493 e. The van der Waals surface area contributed by atoms with Crippen LogP contribution in [0.15, 0.2) is 12.1 Å². The lowest BCUT2D eigenvalue weighted by atomic mass is 10.1. The summed E-state index contributed by atoms with van der Waals surface area (Å²) in [6.45, 7) is 4.84. The van der Waals surface area contributed by atoms with Crippen LogP contribution in [-0.4, -0.2) is 37.0 Å². The molecule has 0 aromatic heterocycles. The van der Waals surface area contributed by atoms with Gasteiger partial charge in [-0.2, -0.15) is 0 Å². The maximum atomic E-state index is 12.5. The van der Waals surface area contributed by atoms with E-state index in [1.165, 1.54) is 33.3 Å². The first-order valence-corrected chi connectivity index (χ1v) is 7.45. The van der Waals surface area contributed by atoms with E-state index in [1.807, 2.05) is 0 Å². The Hall–Kier alpha value is -2.57. The number of rotatable bonds is 6. The van der Waals surface area contributed by atoms with Crippen LogP contribution in [0.2, 0.25) is 0 Å². The summed E-state index contributed by atoms with van der Waals surface area (Å²) in [6, 6.07) is 2.99. The molecule has 1 aromatic carbocycles. The molecule has 2 N–H and O–H groups in total. The van der Waals surface area contributed by atoms with Gasteiger partial charge in [-0.3, -0.25) is 14.4 Å². The predicted molar refractivity (Wildman–Crippen MR) is 86.6 cm³/mol. The Bertz CT molecular complexity index is 709. The van der Waals surface area contributed by atoms with Crippen molar-refractivity contribution in [2.45, 2.75) is 20.8 Å². The number of carboxylic acids is 1. The van der Waals surface area contributed by atoms with Crippen molar-refractivity contribution in [3.8, 4) is 11.5 Å². The van der Waals surface area contributed by atoms with Crippen molar-refractivity contribution in [2.75, 3.05) is 19.5 Å². The number of Topliss-reactive ketones (excluding diaryl/α,β-unsaturated/α-hetero) is 1. The molecule has 0 spiro atoms. The van der Waals surface area contributed by atoms with Gasteiger partial charge in [0.05, 0.1) is 31.7 Å². The number of carboxylic acid groups (broad SMARTS) is 1. The molecule has 0 bridgehead atoms. The van der Waals surface area contributed by atoms with Crippen LogP contribution in [0.3, 0.4) is 0 Å². The zero-order valence-electron chi connectivity index (χ0n) is 14.3. The number of hydrogen-bond donors (Lipinski definition) is 2. The summed E-state index contributed by atoms with van der Waals surface area (Å²) in [7, 11) is 2.89. The summed E-state index contributed by atoms with van der Waals surface area (Å²) in [5, 5.41) is 11.9. The standard InChI is InChI=1S/C17H21NO6/c1-8(19)9-6-11(23-4)12(24-5)7-10(9)18-15(20)13-14(16(21)22)17(13,2)3/h6-7,13-14H,1-5H3,(H,18,20)(H,21,22)/t13-,14-/m0/s1. The Morgan fingerprint density at radius 2 is 1.62 bits per heavy atom. The summed E-state index contributed by atoms with van der Waals surface area (Å²) >= 11 is 0. The van der Waals surface area contributed by atoms with Gasteiger partial charge in [-0.05, 0) is 18.4 Å². The molecule has 130 valence electrons. The highest BCUT2D eigenvalue weighted by molar-refractivity contribution is 6.06. The number of hydrogen-bond acceptors (Lipinski definition) is 5. The number of ether oxygens (including phenoxy) is 2. The molecule has 0 saturated heterocycles. The van der Waals surface area contributed by atoms with Gasteiger partial charge in [0.2, 0.25) is 5.91 Å². The predicted octanol–water partition coefficient (Wildman–Crippen LogP) is 2.20. The molecule has 1 aliphatic carbocycles. The van der Waals surface area contributed by atoms with E-state index in [2.05, 4.69) is 5.32 Å². The van der Waals surface area contributed by atoms with Gasteiger partial charge in [0.25, 0.3) is 0 Å². The van der Waals surface area contributed by atoms with E-state index >= 15 is 0 Å². The van der Waals surface area contributed by atoms with Gasteiger partial charge in [0, 0.05) is 11.6 Å². The number of carbonyl (C=O) groups is 3. The Balaban J connectivity index is 2.34. The number of carbonyl (C=O) groups excluding carboxylic acids is 2. The van der Waals surface area contributed by atoms with Gasteiger partial charge in [0.15, 0.2) is 17.3 Å². The van der Waals surface area contributed by atoms with Gasteiger partial charge in [-0.25, -0.2) is 0 Å². The molecule has 0 unspecified atom stereocenters. The third-order valence-corrected chi connectivity index (χ3v) is 4.54. The second-order valence-electron chi connectivity index (χ2n) is 6.41. The van der Waals surface area contributed by atoms with Gasteiger partial charge < -0.3 is 19.9 Å². The number of aliphatic carboxylic acids is 1. The van der Waals surface area contributed by atoms with Crippen LogP contribution in [0, 0.1) is 17.3 Å². The van der Waals surface area contributed by atoms with Crippen LogP contribution in [0.1, 0.15) is 31.1 Å². The third-order valence-electron chi connectivity index (χ3n) is 4.54. The quantitative estimate of drug-likeness (QED) is 0.773. The Morgan fingerprint density at radius 1 is 1.08 bits per heavy atom. The van der Waals surface area contributed by atoms with E-state index < -0.39 is 29.1 Å². The highest BCUT2D eigenvalue weighted by Gasteiger charge is 2.65. The minimum absolute atomic E-state index is 0.254. The van der Waals surface area contributed by atoms with Gasteiger partial charge in [0.1, 0.15) is 0 Å². The average molecular weight is 335 g/mol. The van der Waals surface area contributed by atoms with Crippen molar-refractivity contribution in [3.63, 3.8) is 0 Å². The normalized spacial score (nSPS) is 20.9. The van der Waals surface area contributed by atoms with E-state index in [4.69, 9.17) is 9.47 Å². The number of benzene rings is 1. The molecule has 1 aromatic rings. The minimum atomic E-state index is -1.00. The van der Waals surface area contributed by atoms with E-state index in [0.29, 0.717) is 11.5 Å². The molecule has 7 nitrogen and oxygen atoms in total. The first kappa shape index (κ1) is 17.8. The number of methoxy groups -OCH3 is 2. The van der Waals surface area contributed by atoms with E-state index in [-0.39, 0.29) is 17.0 Å². The summed E-state index contributed by atoms with van der Waals surface area (Å²) < 4.78 is 10.3. The fourth-order valence-corrected chi connectivity index (χ4v) is 3.07. The molecule has 0 heterocycles. The molecular formula is C17H21NO6. The Labute approximate surface area is 139 Å². The van der Waals surface area contributed by atoms with Crippen LogP contribution >= 0.6 is 0 Å². The molecule has 2 rings (SSSR count). The van der Waals surface area contributed by atoms with Crippen LogP contribution in [0.25, 0.3) is 0 Å².